The zero-order chi connectivity index (χ0) is 16.8. The third-order valence-electron chi connectivity index (χ3n) is 4.42. The molecule has 2 N–H and O–H groups in total. The molecule has 5 nitrogen and oxygen atoms in total. The van der Waals surface area contributed by atoms with Crippen molar-refractivity contribution in [1.29, 1.82) is 0 Å². The van der Waals surface area contributed by atoms with E-state index in [1.54, 1.807) is 25.1 Å². The van der Waals surface area contributed by atoms with Gasteiger partial charge in [-0.05, 0) is 30.5 Å². The Labute approximate surface area is 142 Å². The van der Waals surface area contributed by atoms with Crippen LogP contribution in [0, 0.1) is 5.92 Å². The van der Waals surface area contributed by atoms with E-state index in [2.05, 4.69) is 5.32 Å². The van der Waals surface area contributed by atoms with Gasteiger partial charge in [0, 0.05) is 38.2 Å². The molecule has 1 aliphatic rings. The van der Waals surface area contributed by atoms with Crippen molar-refractivity contribution in [2.24, 2.45) is 5.92 Å². The van der Waals surface area contributed by atoms with Gasteiger partial charge in [-0.1, -0.05) is 30.2 Å². The van der Waals surface area contributed by atoms with E-state index in [1.165, 1.54) is 0 Å². The number of hydrogen-bond acceptors (Lipinski definition) is 3. The Morgan fingerprint density at radius 2 is 2.30 bits per heavy atom. The van der Waals surface area contributed by atoms with Gasteiger partial charge in [0.1, 0.15) is 0 Å². The van der Waals surface area contributed by atoms with E-state index in [0.717, 1.165) is 24.8 Å². The molecule has 23 heavy (non-hydrogen) atoms. The molecule has 1 aliphatic carbocycles. The van der Waals surface area contributed by atoms with Gasteiger partial charge in [-0.15, -0.1) is 0 Å². The summed E-state index contributed by atoms with van der Waals surface area (Å²) in [5.74, 6) is 0.178. The van der Waals surface area contributed by atoms with Crippen LogP contribution >= 0.6 is 11.6 Å². The van der Waals surface area contributed by atoms with Gasteiger partial charge in [-0.2, -0.15) is 0 Å². The molecule has 1 fully saturated rings. The van der Waals surface area contributed by atoms with Crippen molar-refractivity contribution in [1.82, 2.24) is 10.2 Å². The predicted molar refractivity (Wildman–Crippen MR) is 90.6 cm³/mol. The fraction of sp³-hybridized carbons (Fsp3) is 0.588. The number of ether oxygens (including phenoxy) is 1. The SMILES string of the molecule is COC(CNC(=O)N(C)CC1CCCC1O)c1cccc(Cl)c1. The largest absolute Gasteiger partial charge is 0.393 e. The highest BCUT2D eigenvalue weighted by Crippen LogP contribution is 2.26. The molecule has 2 amide bonds. The Morgan fingerprint density at radius 1 is 1.52 bits per heavy atom. The molecular weight excluding hydrogens is 316 g/mol. The molecular formula is C17H25ClN2O3. The van der Waals surface area contributed by atoms with Crippen LogP contribution in [-0.2, 0) is 4.74 Å². The summed E-state index contributed by atoms with van der Waals surface area (Å²) in [5, 5.41) is 13.4. The maximum absolute atomic E-state index is 12.2. The van der Waals surface area contributed by atoms with Crippen molar-refractivity contribution in [3.63, 3.8) is 0 Å². The zero-order valence-corrected chi connectivity index (χ0v) is 14.4. The number of carbonyl (C=O) groups is 1. The lowest BCUT2D eigenvalue weighted by molar-refractivity contribution is 0.0975. The minimum atomic E-state index is -0.288. The second-order valence-electron chi connectivity index (χ2n) is 6.10. The summed E-state index contributed by atoms with van der Waals surface area (Å²) in [6, 6.07) is 7.26. The quantitative estimate of drug-likeness (QED) is 0.837. The molecule has 0 saturated heterocycles. The summed E-state index contributed by atoms with van der Waals surface area (Å²) in [7, 11) is 3.36. The molecule has 3 unspecified atom stereocenters. The van der Waals surface area contributed by atoms with E-state index in [-0.39, 0.29) is 24.2 Å². The molecule has 0 bridgehead atoms. The van der Waals surface area contributed by atoms with Crippen molar-refractivity contribution in [2.75, 3.05) is 27.2 Å². The van der Waals surface area contributed by atoms with Gasteiger partial charge in [0.15, 0.2) is 0 Å². The van der Waals surface area contributed by atoms with Crippen LogP contribution in [0.1, 0.15) is 30.9 Å². The van der Waals surface area contributed by atoms with Gasteiger partial charge in [0.25, 0.3) is 0 Å². The molecule has 1 aromatic carbocycles. The number of urea groups is 1. The highest BCUT2D eigenvalue weighted by molar-refractivity contribution is 6.30. The van der Waals surface area contributed by atoms with E-state index < -0.39 is 0 Å². The molecule has 1 saturated carbocycles. The van der Waals surface area contributed by atoms with E-state index in [0.29, 0.717) is 18.1 Å². The molecule has 0 radical (unpaired) electrons. The van der Waals surface area contributed by atoms with Gasteiger partial charge in [-0.25, -0.2) is 4.79 Å². The van der Waals surface area contributed by atoms with Crippen LogP contribution in [0.5, 0.6) is 0 Å². The first kappa shape index (κ1) is 18.0. The molecule has 0 spiro atoms. The third kappa shape index (κ3) is 5.09. The lowest BCUT2D eigenvalue weighted by Crippen LogP contribution is -2.42. The van der Waals surface area contributed by atoms with Gasteiger partial charge < -0.3 is 20.1 Å². The Hall–Kier alpha value is -1.30. The van der Waals surface area contributed by atoms with Crippen molar-refractivity contribution < 1.29 is 14.6 Å². The number of halogens is 1. The van der Waals surface area contributed by atoms with Gasteiger partial charge in [-0.3, -0.25) is 0 Å². The number of rotatable bonds is 6. The fourth-order valence-electron chi connectivity index (χ4n) is 3.02. The van der Waals surface area contributed by atoms with Crippen molar-refractivity contribution >= 4 is 17.6 Å². The van der Waals surface area contributed by atoms with Crippen LogP contribution in [0.4, 0.5) is 4.79 Å². The average Bonchev–Trinajstić information content (AvgIpc) is 2.93. The summed E-state index contributed by atoms with van der Waals surface area (Å²) >= 11 is 5.99. The second-order valence-corrected chi connectivity index (χ2v) is 6.54. The van der Waals surface area contributed by atoms with E-state index in [9.17, 15) is 9.90 Å². The lowest BCUT2D eigenvalue weighted by Gasteiger charge is -2.25. The number of aliphatic hydroxyl groups is 1. The number of benzene rings is 1. The molecule has 2 rings (SSSR count). The molecule has 0 aromatic heterocycles. The Kier molecular flexibility index (Phi) is 6.69. The minimum Gasteiger partial charge on any atom is -0.393 e. The summed E-state index contributed by atoms with van der Waals surface area (Å²) < 4.78 is 5.44. The topological polar surface area (TPSA) is 61.8 Å². The first-order chi connectivity index (χ1) is 11.0. The van der Waals surface area contributed by atoms with Gasteiger partial charge >= 0.3 is 6.03 Å². The van der Waals surface area contributed by atoms with Crippen LogP contribution in [0.25, 0.3) is 0 Å². The van der Waals surface area contributed by atoms with Gasteiger partial charge in [0.2, 0.25) is 0 Å². The monoisotopic (exact) mass is 340 g/mol. The van der Waals surface area contributed by atoms with Crippen LogP contribution in [-0.4, -0.2) is 49.4 Å². The molecule has 1 aromatic rings. The highest BCUT2D eigenvalue weighted by atomic mass is 35.5. The molecule has 6 heteroatoms. The van der Waals surface area contributed by atoms with Crippen molar-refractivity contribution in [3.8, 4) is 0 Å². The smallest absolute Gasteiger partial charge is 0.317 e. The normalized spacial score (nSPS) is 21.9. The number of nitrogens with zero attached hydrogens (tertiary/aromatic N) is 1. The fourth-order valence-corrected chi connectivity index (χ4v) is 3.22. The van der Waals surface area contributed by atoms with Gasteiger partial charge in [0.05, 0.1) is 12.2 Å². The predicted octanol–water partition coefficient (Wildman–Crippen LogP) is 2.83. The Balaban J connectivity index is 1.84. The summed E-state index contributed by atoms with van der Waals surface area (Å²) in [5.41, 5.74) is 0.925. The average molecular weight is 341 g/mol. The Morgan fingerprint density at radius 3 is 2.91 bits per heavy atom. The second kappa shape index (κ2) is 8.52. The molecule has 128 valence electrons. The van der Waals surface area contributed by atoms with Crippen LogP contribution in [0.2, 0.25) is 5.02 Å². The standard InChI is InChI=1S/C17H25ClN2O3/c1-20(11-13-6-4-8-15(13)21)17(22)19-10-16(23-2)12-5-3-7-14(18)9-12/h3,5,7,9,13,15-16,21H,4,6,8,10-11H2,1-2H3,(H,19,22). The summed E-state index contributed by atoms with van der Waals surface area (Å²) in [6.07, 6.45) is 2.30. The van der Waals surface area contributed by atoms with Crippen LogP contribution in [0.3, 0.4) is 0 Å². The summed E-state index contributed by atoms with van der Waals surface area (Å²) in [4.78, 5) is 13.8. The Bertz CT molecular complexity index is 526. The molecule has 0 aliphatic heterocycles. The van der Waals surface area contributed by atoms with E-state index in [4.69, 9.17) is 16.3 Å². The first-order valence-corrected chi connectivity index (χ1v) is 8.34. The van der Waals surface area contributed by atoms with Crippen LogP contribution in [0.15, 0.2) is 24.3 Å². The number of aliphatic hydroxyl groups excluding tert-OH is 1. The number of hydrogen-bond donors (Lipinski definition) is 2. The maximum atomic E-state index is 12.2. The lowest BCUT2D eigenvalue weighted by atomic mass is 10.1. The maximum Gasteiger partial charge on any atom is 0.317 e. The number of carbonyl (C=O) groups excluding carboxylic acids is 1. The summed E-state index contributed by atoms with van der Waals surface area (Å²) in [6.45, 7) is 0.940. The van der Waals surface area contributed by atoms with Crippen molar-refractivity contribution in [3.05, 3.63) is 34.9 Å². The number of amides is 2. The number of nitrogens with one attached hydrogen (secondary N) is 1. The highest BCUT2D eigenvalue weighted by Gasteiger charge is 2.27. The first-order valence-electron chi connectivity index (χ1n) is 7.96. The third-order valence-corrected chi connectivity index (χ3v) is 4.65. The molecule has 0 heterocycles. The zero-order valence-electron chi connectivity index (χ0n) is 13.7. The molecule has 3 atom stereocenters. The van der Waals surface area contributed by atoms with E-state index in [1.807, 2.05) is 18.2 Å². The van der Waals surface area contributed by atoms with Crippen molar-refractivity contribution in [2.45, 2.75) is 31.5 Å². The minimum absolute atomic E-state index is 0.159. The number of methoxy groups -OCH3 is 1. The van der Waals surface area contributed by atoms with E-state index >= 15 is 0 Å². The van der Waals surface area contributed by atoms with Crippen LogP contribution < -0.4 is 5.32 Å².